The molecule has 0 aliphatic heterocycles. The average Bonchev–Trinajstić information content (AvgIpc) is 2.60. The van der Waals surface area contributed by atoms with Crippen molar-refractivity contribution in [2.75, 3.05) is 0 Å². The maximum atomic E-state index is 11.5. The van der Waals surface area contributed by atoms with Crippen molar-refractivity contribution in [1.29, 1.82) is 0 Å². The first-order valence-electron chi connectivity index (χ1n) is 6.74. The van der Waals surface area contributed by atoms with Crippen molar-refractivity contribution in [3.63, 3.8) is 0 Å². The van der Waals surface area contributed by atoms with Crippen molar-refractivity contribution in [3.8, 4) is 0 Å². The lowest BCUT2D eigenvalue weighted by Gasteiger charge is -2.02. The van der Waals surface area contributed by atoms with Crippen LogP contribution in [0, 0.1) is 0 Å². The van der Waals surface area contributed by atoms with Crippen LogP contribution in [0.5, 0.6) is 0 Å². The number of carbonyl (C=O) groups is 4. The largest absolute Gasteiger partial charge is 0.386 e. The summed E-state index contributed by atoms with van der Waals surface area (Å²) in [5, 5.41) is -1.28. The van der Waals surface area contributed by atoms with Gasteiger partial charge in [0, 0.05) is 0 Å². The number of rotatable bonds is 2. The molecule has 138 valence electrons. The Morgan fingerprint density at radius 3 is 1.08 bits per heavy atom. The van der Waals surface area contributed by atoms with Crippen LogP contribution in [0.2, 0.25) is 0 Å². The predicted molar refractivity (Wildman–Crippen MR) is 101 cm³/mol. The molecule has 0 spiro atoms. The molecule has 4 N–H and O–H groups in total. The fraction of sp³-hybridized carbons (Fsp3) is 0. The summed E-state index contributed by atoms with van der Waals surface area (Å²) in [6.07, 6.45) is 0. The van der Waals surface area contributed by atoms with E-state index in [1.54, 1.807) is 60.7 Å². The number of thiol groups is 2. The minimum absolute atomic E-state index is 0.318. The summed E-state index contributed by atoms with van der Waals surface area (Å²) in [4.78, 5) is 50.0. The van der Waals surface area contributed by atoms with Crippen molar-refractivity contribution < 1.29 is 29.0 Å². The number of carbonyl (C=O) groups excluding carboxylic acids is 4. The van der Waals surface area contributed by atoms with E-state index in [0.29, 0.717) is 11.1 Å². The highest BCUT2D eigenvalue weighted by Gasteiger charge is 2.12. The molecule has 0 unspecified atom stereocenters. The second-order valence-electron chi connectivity index (χ2n) is 4.15. The molecule has 0 radical (unpaired) electrons. The summed E-state index contributed by atoms with van der Waals surface area (Å²) in [5.41, 5.74) is 9.31. The number of hydrogen-bond acceptors (Lipinski definition) is 6. The molecule has 0 atom stereocenters. The van der Waals surface area contributed by atoms with Crippen LogP contribution in [0.4, 0.5) is 9.59 Å². The van der Waals surface area contributed by atoms with E-state index in [2.05, 4.69) is 46.5 Å². The molecule has 2 rings (SSSR count). The highest BCUT2D eigenvalue weighted by molar-refractivity contribution is 7.96. The number of benzene rings is 2. The van der Waals surface area contributed by atoms with Crippen LogP contribution in [0.3, 0.4) is 0 Å². The van der Waals surface area contributed by atoms with Gasteiger partial charge >= 0.3 is 11.9 Å². The monoisotopic (exact) mass is 396 g/mol. The van der Waals surface area contributed by atoms with Crippen LogP contribution in [-0.4, -0.2) is 22.4 Å². The zero-order valence-corrected chi connectivity index (χ0v) is 15.1. The van der Waals surface area contributed by atoms with Gasteiger partial charge in [0.15, 0.2) is 0 Å². The quantitative estimate of drug-likeness (QED) is 0.350. The van der Waals surface area contributed by atoms with Gasteiger partial charge in [-0.3, -0.25) is 9.59 Å². The zero-order valence-electron chi connectivity index (χ0n) is 13.3. The fourth-order valence-electron chi connectivity index (χ4n) is 1.32. The van der Waals surface area contributed by atoms with Gasteiger partial charge in [-0.1, -0.05) is 61.7 Å². The van der Waals surface area contributed by atoms with Gasteiger partial charge < -0.3 is 11.5 Å². The van der Waals surface area contributed by atoms with Crippen LogP contribution in [0.1, 0.15) is 20.7 Å². The van der Waals surface area contributed by atoms with E-state index >= 15 is 0 Å². The van der Waals surface area contributed by atoms with Gasteiger partial charge in [0.25, 0.3) is 10.5 Å². The molecule has 0 saturated heterocycles. The van der Waals surface area contributed by atoms with Gasteiger partial charge in [-0.05, 0) is 24.3 Å². The van der Waals surface area contributed by atoms with E-state index in [1.165, 1.54) is 0 Å². The third-order valence-corrected chi connectivity index (χ3v) is 2.21. The highest BCUT2D eigenvalue weighted by Crippen LogP contribution is 2.05. The Hall–Kier alpha value is -2.98. The third kappa shape index (κ3) is 12.4. The van der Waals surface area contributed by atoms with Crippen LogP contribution >= 0.6 is 25.3 Å². The molecule has 0 aromatic heterocycles. The van der Waals surface area contributed by atoms with Gasteiger partial charge in [-0.2, -0.15) is 0 Å². The van der Waals surface area contributed by atoms with Crippen molar-refractivity contribution in [3.05, 3.63) is 71.8 Å². The van der Waals surface area contributed by atoms with Crippen LogP contribution in [0.15, 0.2) is 60.7 Å². The Kier molecular flexibility index (Phi) is 11.8. The van der Waals surface area contributed by atoms with E-state index < -0.39 is 22.4 Å². The van der Waals surface area contributed by atoms with Gasteiger partial charge in [-0.15, -0.1) is 0 Å². The normalized spacial score (nSPS) is 8.54. The number of hydrogen-bond donors (Lipinski definition) is 4. The lowest BCUT2D eigenvalue weighted by molar-refractivity contribution is -0.187. The maximum absolute atomic E-state index is 11.5. The van der Waals surface area contributed by atoms with Gasteiger partial charge in [0.2, 0.25) is 0 Å². The standard InChI is InChI=1S/C14H10O4.2CH3NOS/c15-13(11-7-3-1-4-8-11)17-18-14(16)12-9-5-2-6-10-12;2*2-1(3)4/h1-10H;2*(H3,2,3,4). The third-order valence-electron chi connectivity index (χ3n) is 2.21. The van der Waals surface area contributed by atoms with Crippen molar-refractivity contribution in [2.45, 2.75) is 0 Å². The van der Waals surface area contributed by atoms with Crippen LogP contribution in [0.25, 0.3) is 0 Å². The molecule has 10 heteroatoms. The molecular formula is C16H16N2O6S2. The number of nitrogens with two attached hydrogens (primary N) is 2. The molecule has 0 heterocycles. The molecule has 0 aliphatic rings. The predicted octanol–water partition coefficient (Wildman–Crippen LogP) is 2.61. The van der Waals surface area contributed by atoms with E-state index in [-0.39, 0.29) is 0 Å². The topological polar surface area (TPSA) is 139 Å². The molecule has 8 nitrogen and oxygen atoms in total. The van der Waals surface area contributed by atoms with Crippen molar-refractivity contribution in [1.82, 2.24) is 0 Å². The molecule has 0 bridgehead atoms. The minimum Gasteiger partial charge on any atom is -0.361 e. The second-order valence-corrected chi connectivity index (χ2v) is 5.03. The van der Waals surface area contributed by atoms with Gasteiger partial charge in [-0.25, -0.2) is 19.4 Å². The summed E-state index contributed by atoms with van der Waals surface area (Å²) in [7, 11) is 0. The highest BCUT2D eigenvalue weighted by atomic mass is 32.1. The summed E-state index contributed by atoms with van der Waals surface area (Å²) < 4.78 is 0. The SMILES string of the molecule is NC(=O)S.NC(=O)S.O=C(OOC(=O)c1ccccc1)c1ccccc1. The number of primary amides is 2. The number of amides is 2. The first-order chi connectivity index (χ1) is 12.2. The van der Waals surface area contributed by atoms with Crippen molar-refractivity contribution >= 4 is 47.7 Å². The molecule has 2 aromatic carbocycles. The minimum atomic E-state index is -0.708. The van der Waals surface area contributed by atoms with Gasteiger partial charge in [0.05, 0.1) is 11.1 Å². The first kappa shape index (κ1) is 23.0. The van der Waals surface area contributed by atoms with Gasteiger partial charge in [0.1, 0.15) is 0 Å². The molecule has 0 fully saturated rings. The van der Waals surface area contributed by atoms with Crippen LogP contribution < -0.4 is 11.5 Å². The fourth-order valence-corrected chi connectivity index (χ4v) is 1.32. The summed E-state index contributed by atoms with van der Waals surface area (Å²) >= 11 is 6.21. The molecule has 0 saturated carbocycles. The smallest absolute Gasteiger partial charge is 0.361 e. The Labute approximate surface area is 160 Å². The van der Waals surface area contributed by atoms with Crippen molar-refractivity contribution in [2.24, 2.45) is 11.5 Å². The Bertz CT molecular complexity index is 655. The van der Waals surface area contributed by atoms with E-state index in [9.17, 15) is 9.59 Å². The lowest BCUT2D eigenvalue weighted by atomic mass is 10.2. The molecule has 26 heavy (non-hydrogen) atoms. The van der Waals surface area contributed by atoms with Crippen LogP contribution in [-0.2, 0) is 9.78 Å². The summed E-state index contributed by atoms with van der Waals surface area (Å²) in [6.45, 7) is 0. The summed E-state index contributed by atoms with van der Waals surface area (Å²) in [6, 6.07) is 16.6. The summed E-state index contributed by atoms with van der Waals surface area (Å²) in [5.74, 6) is -1.42. The van der Waals surface area contributed by atoms with E-state index in [1.807, 2.05) is 0 Å². The van der Waals surface area contributed by atoms with E-state index in [4.69, 9.17) is 9.59 Å². The molecular weight excluding hydrogens is 380 g/mol. The molecule has 2 amide bonds. The van der Waals surface area contributed by atoms with E-state index in [0.717, 1.165) is 0 Å². The Balaban J connectivity index is 0.000000662. The first-order valence-corrected chi connectivity index (χ1v) is 7.63. The lowest BCUT2D eigenvalue weighted by Crippen LogP contribution is -2.11. The Morgan fingerprint density at radius 2 is 0.846 bits per heavy atom. The average molecular weight is 396 g/mol. The second kappa shape index (κ2) is 13.3. The maximum Gasteiger partial charge on any atom is 0.386 e. The molecule has 0 aliphatic carbocycles. The Morgan fingerprint density at radius 1 is 0.615 bits per heavy atom. The zero-order chi connectivity index (χ0) is 19.9. The molecule has 2 aromatic rings.